The standard InChI is InChI=1S/C3HClF5O/c4-2(5,6)1(10)3(7,8)9/h1H. The molecule has 0 aliphatic carbocycles. The van der Waals surface area contributed by atoms with Crippen LogP contribution in [0.25, 0.3) is 0 Å². The molecular formula is C3HClF5O. The van der Waals surface area contributed by atoms with E-state index in [1.807, 2.05) is 0 Å². The quantitative estimate of drug-likeness (QED) is 0.439. The first-order valence-electron chi connectivity index (χ1n) is 1.95. The Kier molecular flexibility index (Phi) is 2.48. The van der Waals surface area contributed by atoms with Gasteiger partial charge in [-0.3, -0.25) is 0 Å². The summed E-state index contributed by atoms with van der Waals surface area (Å²) in [5.41, 5.74) is 0. The fourth-order valence-electron chi connectivity index (χ4n) is 0.186. The van der Waals surface area contributed by atoms with Crippen molar-refractivity contribution < 1.29 is 27.1 Å². The lowest BCUT2D eigenvalue weighted by molar-refractivity contribution is -0.266. The zero-order valence-electron chi connectivity index (χ0n) is 4.25. The first-order valence-corrected chi connectivity index (χ1v) is 2.32. The normalized spacial score (nSPS) is 17.1. The van der Waals surface area contributed by atoms with Crippen molar-refractivity contribution in [2.24, 2.45) is 0 Å². The number of rotatable bonds is 1. The van der Waals surface area contributed by atoms with Gasteiger partial charge in [-0.2, -0.15) is 22.0 Å². The molecule has 0 N–H and O–H groups in total. The number of alkyl halides is 6. The summed E-state index contributed by atoms with van der Waals surface area (Å²) in [6.07, 6.45) is -9.55. The predicted octanol–water partition coefficient (Wildman–Crippen LogP) is 2.18. The van der Waals surface area contributed by atoms with Crippen molar-refractivity contribution >= 4 is 11.6 Å². The highest BCUT2D eigenvalue weighted by Gasteiger charge is 2.55. The van der Waals surface area contributed by atoms with Crippen LogP contribution in [-0.4, -0.2) is 17.7 Å². The fraction of sp³-hybridized carbons (Fsp3) is 1.00. The minimum absolute atomic E-state index is 3.80. The fourth-order valence-corrected chi connectivity index (χ4v) is 0.309. The molecule has 0 bridgehead atoms. The van der Waals surface area contributed by atoms with Gasteiger partial charge in [0.15, 0.2) is 0 Å². The molecule has 1 radical (unpaired) electrons. The van der Waals surface area contributed by atoms with Crippen LogP contribution in [0.5, 0.6) is 0 Å². The molecule has 0 spiro atoms. The molecule has 61 valence electrons. The van der Waals surface area contributed by atoms with Crippen LogP contribution in [0.4, 0.5) is 22.0 Å². The van der Waals surface area contributed by atoms with E-state index in [0.717, 1.165) is 0 Å². The van der Waals surface area contributed by atoms with Gasteiger partial charge in [-0.05, 0) is 11.6 Å². The molecule has 0 saturated heterocycles. The van der Waals surface area contributed by atoms with Gasteiger partial charge in [0.2, 0.25) is 0 Å². The molecule has 0 aromatic carbocycles. The Balaban J connectivity index is 4.23. The van der Waals surface area contributed by atoms with Gasteiger partial charge in [0.1, 0.15) is 0 Å². The highest BCUT2D eigenvalue weighted by atomic mass is 35.5. The minimum atomic E-state index is -5.49. The van der Waals surface area contributed by atoms with Crippen molar-refractivity contribution in [2.45, 2.75) is 17.7 Å². The highest BCUT2D eigenvalue weighted by Crippen LogP contribution is 2.34. The second kappa shape index (κ2) is 2.50. The van der Waals surface area contributed by atoms with Gasteiger partial charge in [-0.25, -0.2) is 5.11 Å². The Bertz CT molecular complexity index is 101. The zero-order chi connectivity index (χ0) is 8.58. The molecule has 1 unspecified atom stereocenters. The van der Waals surface area contributed by atoms with Gasteiger partial charge in [0.25, 0.3) is 6.10 Å². The number of hydrogen-bond acceptors (Lipinski definition) is 0. The number of halogens is 6. The monoisotopic (exact) mass is 183 g/mol. The molecular weight excluding hydrogens is 182 g/mol. The van der Waals surface area contributed by atoms with Gasteiger partial charge in [-0.15, -0.1) is 0 Å². The molecule has 0 amide bonds. The third-order valence-corrected chi connectivity index (χ3v) is 0.793. The van der Waals surface area contributed by atoms with Crippen molar-refractivity contribution in [3.8, 4) is 0 Å². The summed E-state index contributed by atoms with van der Waals surface area (Å²) in [6.45, 7) is 0. The average molecular weight is 183 g/mol. The smallest absolute Gasteiger partial charge is 0.215 e. The molecule has 0 aliphatic rings. The average Bonchev–Trinajstić information content (AvgIpc) is 1.59. The summed E-state index contributed by atoms with van der Waals surface area (Å²) >= 11 is 3.80. The van der Waals surface area contributed by atoms with Crippen LogP contribution in [0, 0.1) is 0 Å². The summed E-state index contributed by atoms with van der Waals surface area (Å²) in [7, 11) is 0. The summed E-state index contributed by atoms with van der Waals surface area (Å²) in [4.78, 5) is 0. The lowest BCUT2D eigenvalue weighted by Crippen LogP contribution is -2.39. The maximum atomic E-state index is 11.3. The van der Waals surface area contributed by atoms with Crippen LogP contribution < -0.4 is 0 Å². The van der Waals surface area contributed by atoms with Crippen LogP contribution in [0.2, 0.25) is 0 Å². The van der Waals surface area contributed by atoms with E-state index < -0.39 is 17.7 Å². The van der Waals surface area contributed by atoms with Crippen LogP contribution in [0.1, 0.15) is 0 Å². The second-order valence-electron chi connectivity index (χ2n) is 1.46. The lowest BCUT2D eigenvalue weighted by Gasteiger charge is -2.15. The Morgan fingerprint density at radius 3 is 1.40 bits per heavy atom. The van der Waals surface area contributed by atoms with Crippen molar-refractivity contribution in [3.05, 3.63) is 0 Å². The Hall–Kier alpha value is -0.100. The van der Waals surface area contributed by atoms with Crippen LogP contribution in [-0.2, 0) is 5.11 Å². The summed E-state index contributed by atoms with van der Waals surface area (Å²) in [5, 5.41) is 4.80. The lowest BCUT2D eigenvalue weighted by atomic mass is 10.4. The van der Waals surface area contributed by atoms with Crippen LogP contribution in [0.15, 0.2) is 0 Å². The summed E-state index contributed by atoms with van der Waals surface area (Å²) < 4.78 is 55.9. The van der Waals surface area contributed by atoms with E-state index in [4.69, 9.17) is 0 Å². The zero-order valence-corrected chi connectivity index (χ0v) is 5.01. The van der Waals surface area contributed by atoms with E-state index in [2.05, 4.69) is 11.6 Å². The van der Waals surface area contributed by atoms with Gasteiger partial charge in [0, 0.05) is 0 Å². The van der Waals surface area contributed by atoms with E-state index in [1.54, 1.807) is 0 Å². The molecule has 0 saturated carbocycles. The molecule has 7 heteroatoms. The van der Waals surface area contributed by atoms with Gasteiger partial charge in [0.05, 0.1) is 0 Å². The van der Waals surface area contributed by atoms with E-state index >= 15 is 0 Å². The molecule has 0 aromatic heterocycles. The summed E-state index contributed by atoms with van der Waals surface area (Å²) in [6, 6.07) is 0. The largest absolute Gasteiger partial charge is 0.425 e. The second-order valence-corrected chi connectivity index (χ2v) is 1.97. The van der Waals surface area contributed by atoms with Crippen LogP contribution in [0.3, 0.4) is 0 Å². The molecule has 1 atom stereocenters. The van der Waals surface area contributed by atoms with Gasteiger partial charge in [-0.1, -0.05) is 0 Å². The molecule has 10 heavy (non-hydrogen) atoms. The van der Waals surface area contributed by atoms with Gasteiger partial charge < -0.3 is 0 Å². The third kappa shape index (κ3) is 2.66. The van der Waals surface area contributed by atoms with Gasteiger partial charge >= 0.3 is 11.6 Å². The van der Waals surface area contributed by atoms with E-state index in [9.17, 15) is 27.1 Å². The Morgan fingerprint density at radius 1 is 1.10 bits per heavy atom. The van der Waals surface area contributed by atoms with E-state index in [-0.39, 0.29) is 0 Å². The SMILES string of the molecule is [O]C(C(F)(F)F)C(F)(F)Cl. The van der Waals surface area contributed by atoms with E-state index in [0.29, 0.717) is 0 Å². The first kappa shape index (κ1) is 9.90. The Morgan fingerprint density at radius 2 is 1.40 bits per heavy atom. The topological polar surface area (TPSA) is 19.9 Å². The summed E-state index contributed by atoms with van der Waals surface area (Å²) in [5.74, 6) is 0. The molecule has 0 aliphatic heterocycles. The molecule has 0 fully saturated rings. The first-order chi connectivity index (χ1) is 4.15. The van der Waals surface area contributed by atoms with Crippen molar-refractivity contribution in [1.82, 2.24) is 0 Å². The molecule has 0 heterocycles. The molecule has 1 nitrogen and oxygen atoms in total. The number of hydrogen-bond donors (Lipinski definition) is 0. The molecule has 0 aromatic rings. The maximum absolute atomic E-state index is 11.3. The van der Waals surface area contributed by atoms with Crippen molar-refractivity contribution in [1.29, 1.82) is 0 Å². The maximum Gasteiger partial charge on any atom is 0.425 e. The van der Waals surface area contributed by atoms with Crippen molar-refractivity contribution in [2.75, 3.05) is 0 Å². The minimum Gasteiger partial charge on any atom is -0.215 e. The molecule has 0 rings (SSSR count). The van der Waals surface area contributed by atoms with E-state index in [1.165, 1.54) is 0 Å². The van der Waals surface area contributed by atoms with Crippen molar-refractivity contribution in [3.63, 3.8) is 0 Å². The Labute approximate surface area is 57.4 Å². The van der Waals surface area contributed by atoms with Crippen LogP contribution >= 0.6 is 11.6 Å². The predicted molar refractivity (Wildman–Crippen MR) is 21.3 cm³/mol. The highest BCUT2D eigenvalue weighted by molar-refractivity contribution is 6.22. The third-order valence-electron chi connectivity index (χ3n) is 0.595.